The highest BCUT2D eigenvalue weighted by Gasteiger charge is 2.05. The predicted molar refractivity (Wildman–Crippen MR) is 73.3 cm³/mol. The van der Waals surface area contributed by atoms with E-state index < -0.39 is 0 Å². The maximum Gasteiger partial charge on any atom is 0.195 e. The fraction of sp³-hybridized carbons (Fsp3) is 0. The van der Waals surface area contributed by atoms with Crippen molar-refractivity contribution in [1.82, 2.24) is 0 Å². The summed E-state index contributed by atoms with van der Waals surface area (Å²) < 4.78 is 3.02. The second-order valence-corrected chi connectivity index (χ2v) is 5.57. The highest BCUT2D eigenvalue weighted by Crippen LogP contribution is 2.26. The minimum atomic E-state index is 0.116. The van der Waals surface area contributed by atoms with E-state index in [-0.39, 0.29) is 5.43 Å². The third-order valence-corrected chi connectivity index (χ3v) is 4.18. The minimum Gasteiger partial charge on any atom is -0.289 e. The van der Waals surface area contributed by atoms with Gasteiger partial charge >= 0.3 is 0 Å². The zero-order valence-corrected chi connectivity index (χ0v) is 10.6. The van der Waals surface area contributed by atoms with Crippen LogP contribution in [0, 0.1) is 0 Å². The molecule has 3 heteroatoms. The highest BCUT2D eigenvalue weighted by molar-refractivity contribution is 9.10. The van der Waals surface area contributed by atoms with Crippen LogP contribution in [0.2, 0.25) is 0 Å². The Hall–Kier alpha value is -1.19. The fourth-order valence-electron chi connectivity index (χ4n) is 1.78. The molecule has 0 aliphatic heterocycles. The van der Waals surface area contributed by atoms with Crippen LogP contribution in [0.5, 0.6) is 0 Å². The Labute approximate surface area is 104 Å². The molecule has 3 aromatic rings. The van der Waals surface area contributed by atoms with Gasteiger partial charge in [0, 0.05) is 24.6 Å². The van der Waals surface area contributed by atoms with Crippen molar-refractivity contribution in [3.63, 3.8) is 0 Å². The van der Waals surface area contributed by atoms with Crippen LogP contribution in [-0.2, 0) is 0 Å². The molecule has 78 valence electrons. The van der Waals surface area contributed by atoms with E-state index >= 15 is 0 Å². The zero-order valence-electron chi connectivity index (χ0n) is 8.24. The van der Waals surface area contributed by atoms with Crippen molar-refractivity contribution in [2.45, 2.75) is 0 Å². The average Bonchev–Trinajstić information content (AvgIpc) is 2.31. The van der Waals surface area contributed by atoms with Gasteiger partial charge in [0.1, 0.15) is 0 Å². The van der Waals surface area contributed by atoms with Crippen LogP contribution in [0.3, 0.4) is 0 Å². The lowest BCUT2D eigenvalue weighted by molar-refractivity contribution is 1.71. The van der Waals surface area contributed by atoms with Gasteiger partial charge in [-0.15, -0.1) is 11.3 Å². The van der Waals surface area contributed by atoms with Crippen LogP contribution in [0.1, 0.15) is 0 Å². The van der Waals surface area contributed by atoms with Crippen molar-refractivity contribution in [3.05, 3.63) is 57.2 Å². The SMILES string of the molecule is O=c1c2ccccc2sc2ccc(Br)cc12. The number of benzene rings is 2. The summed E-state index contributed by atoms with van der Waals surface area (Å²) in [5, 5.41) is 1.59. The molecular weight excluding hydrogens is 284 g/mol. The first-order valence-electron chi connectivity index (χ1n) is 4.87. The predicted octanol–water partition coefficient (Wildman–Crippen LogP) is 4.18. The maximum absolute atomic E-state index is 12.2. The summed E-state index contributed by atoms with van der Waals surface area (Å²) in [6.45, 7) is 0. The minimum absolute atomic E-state index is 0.116. The Morgan fingerprint density at radius 2 is 1.69 bits per heavy atom. The van der Waals surface area contributed by atoms with Crippen molar-refractivity contribution < 1.29 is 0 Å². The first-order valence-corrected chi connectivity index (χ1v) is 6.48. The van der Waals surface area contributed by atoms with Gasteiger partial charge in [-0.3, -0.25) is 4.79 Å². The molecule has 0 aliphatic rings. The molecule has 0 saturated carbocycles. The molecule has 0 spiro atoms. The molecule has 0 unspecified atom stereocenters. The van der Waals surface area contributed by atoms with Crippen molar-refractivity contribution >= 4 is 47.4 Å². The molecule has 1 heterocycles. The van der Waals surface area contributed by atoms with Crippen LogP contribution in [0.4, 0.5) is 0 Å². The molecule has 0 fully saturated rings. The molecule has 2 aromatic carbocycles. The fourth-order valence-corrected chi connectivity index (χ4v) is 3.19. The Morgan fingerprint density at radius 1 is 0.938 bits per heavy atom. The van der Waals surface area contributed by atoms with Crippen molar-refractivity contribution in [1.29, 1.82) is 0 Å². The molecule has 0 atom stereocenters. The lowest BCUT2D eigenvalue weighted by Crippen LogP contribution is -2.00. The summed E-state index contributed by atoms with van der Waals surface area (Å²) in [6, 6.07) is 13.6. The van der Waals surface area contributed by atoms with Crippen LogP contribution in [0.15, 0.2) is 51.7 Å². The molecule has 16 heavy (non-hydrogen) atoms. The maximum atomic E-state index is 12.2. The summed E-state index contributed by atoms with van der Waals surface area (Å²) in [5.41, 5.74) is 0.116. The van der Waals surface area contributed by atoms with Crippen molar-refractivity contribution in [3.8, 4) is 0 Å². The molecule has 1 aromatic heterocycles. The van der Waals surface area contributed by atoms with Gasteiger partial charge in [0.05, 0.1) is 0 Å². The van der Waals surface area contributed by atoms with Crippen LogP contribution in [-0.4, -0.2) is 0 Å². The number of hydrogen-bond donors (Lipinski definition) is 0. The molecule has 0 aliphatic carbocycles. The van der Waals surface area contributed by atoms with Gasteiger partial charge in [0.25, 0.3) is 0 Å². The Bertz CT molecular complexity index is 746. The Balaban J connectivity index is 2.61. The molecule has 0 radical (unpaired) electrons. The van der Waals surface area contributed by atoms with E-state index in [0.29, 0.717) is 0 Å². The summed E-state index contributed by atoms with van der Waals surface area (Å²) >= 11 is 5.05. The van der Waals surface area contributed by atoms with Crippen LogP contribution < -0.4 is 5.43 Å². The molecule has 0 N–H and O–H groups in total. The zero-order chi connectivity index (χ0) is 11.1. The Morgan fingerprint density at radius 3 is 2.56 bits per heavy atom. The van der Waals surface area contributed by atoms with E-state index in [1.54, 1.807) is 11.3 Å². The number of hydrogen-bond acceptors (Lipinski definition) is 2. The highest BCUT2D eigenvalue weighted by atomic mass is 79.9. The second kappa shape index (κ2) is 3.68. The molecule has 0 amide bonds. The molecule has 1 nitrogen and oxygen atoms in total. The Kier molecular flexibility index (Phi) is 2.30. The van der Waals surface area contributed by atoms with Gasteiger partial charge in [-0.25, -0.2) is 0 Å². The molecule has 3 rings (SSSR count). The number of halogens is 1. The lowest BCUT2D eigenvalue weighted by atomic mass is 10.2. The molecule has 0 bridgehead atoms. The first-order chi connectivity index (χ1) is 7.75. The average molecular weight is 291 g/mol. The van der Waals surface area contributed by atoms with E-state index in [4.69, 9.17) is 0 Å². The normalized spacial score (nSPS) is 11.1. The van der Waals surface area contributed by atoms with Gasteiger partial charge in [-0.1, -0.05) is 28.1 Å². The van der Waals surface area contributed by atoms with Gasteiger partial charge < -0.3 is 0 Å². The van der Waals surface area contributed by atoms with Crippen molar-refractivity contribution in [2.75, 3.05) is 0 Å². The third kappa shape index (κ3) is 1.47. The smallest absolute Gasteiger partial charge is 0.195 e. The van der Waals surface area contributed by atoms with E-state index in [1.807, 2.05) is 42.5 Å². The molecular formula is C13H7BrOS. The topological polar surface area (TPSA) is 17.1 Å². The third-order valence-electron chi connectivity index (χ3n) is 2.54. The summed E-state index contributed by atoms with van der Waals surface area (Å²) in [7, 11) is 0. The number of rotatable bonds is 0. The van der Waals surface area contributed by atoms with E-state index in [1.165, 1.54) is 0 Å². The summed E-state index contributed by atoms with van der Waals surface area (Å²) in [6.07, 6.45) is 0. The second-order valence-electron chi connectivity index (χ2n) is 3.57. The van der Waals surface area contributed by atoms with Gasteiger partial charge in [0.15, 0.2) is 5.43 Å². The van der Waals surface area contributed by atoms with Gasteiger partial charge in [0.2, 0.25) is 0 Å². The first kappa shape index (κ1) is 10.00. The van der Waals surface area contributed by atoms with E-state index in [9.17, 15) is 4.79 Å². The summed E-state index contributed by atoms with van der Waals surface area (Å²) in [5.74, 6) is 0. The van der Waals surface area contributed by atoms with Crippen molar-refractivity contribution in [2.24, 2.45) is 0 Å². The van der Waals surface area contributed by atoms with Crippen LogP contribution in [0.25, 0.3) is 20.2 Å². The molecule has 0 saturated heterocycles. The standard InChI is InChI=1S/C13H7BrOS/c14-8-5-6-12-10(7-8)13(15)9-3-1-2-4-11(9)16-12/h1-7H. The number of fused-ring (bicyclic) bond motifs is 2. The van der Waals surface area contributed by atoms with E-state index in [0.717, 1.165) is 24.6 Å². The largest absolute Gasteiger partial charge is 0.289 e. The summed E-state index contributed by atoms with van der Waals surface area (Å²) in [4.78, 5) is 12.2. The quantitative estimate of drug-likeness (QED) is 0.568. The van der Waals surface area contributed by atoms with E-state index in [2.05, 4.69) is 15.9 Å². The lowest BCUT2D eigenvalue weighted by Gasteiger charge is -2.00. The van der Waals surface area contributed by atoms with Gasteiger partial charge in [-0.05, 0) is 30.3 Å². The monoisotopic (exact) mass is 290 g/mol. The van der Waals surface area contributed by atoms with Crippen LogP contribution >= 0.6 is 27.3 Å². The van der Waals surface area contributed by atoms with Gasteiger partial charge in [-0.2, -0.15) is 0 Å².